The molecule has 2 rings (SSSR count). The van der Waals surface area contributed by atoms with Crippen molar-refractivity contribution in [3.05, 3.63) is 29.0 Å². The summed E-state index contributed by atoms with van der Waals surface area (Å²) in [4.78, 5) is 4.32. The molecule has 1 unspecified atom stereocenters. The van der Waals surface area contributed by atoms with Crippen LogP contribution in [0.15, 0.2) is 18.2 Å². The van der Waals surface area contributed by atoms with Crippen LogP contribution in [0.2, 0.25) is 5.15 Å². The number of nitrogens with one attached hydrogen (secondary N) is 1. The second-order valence-electron chi connectivity index (χ2n) is 3.43. The van der Waals surface area contributed by atoms with E-state index in [-0.39, 0.29) is 0 Å². The van der Waals surface area contributed by atoms with Gasteiger partial charge in [0.05, 0.1) is 0 Å². The van der Waals surface area contributed by atoms with Gasteiger partial charge in [-0.1, -0.05) is 17.7 Å². The molecule has 0 saturated carbocycles. The summed E-state index contributed by atoms with van der Waals surface area (Å²) in [6, 6.07) is 5.85. The Bertz CT molecular complexity index is 282. The zero-order chi connectivity index (χ0) is 9.10. The van der Waals surface area contributed by atoms with Gasteiger partial charge in [0.25, 0.3) is 0 Å². The van der Waals surface area contributed by atoms with Gasteiger partial charge in [0.15, 0.2) is 0 Å². The van der Waals surface area contributed by atoms with Crippen molar-refractivity contribution in [2.24, 2.45) is 0 Å². The summed E-state index contributed by atoms with van der Waals surface area (Å²) in [5.74, 6) is 0.549. The monoisotopic (exact) mass is 196 g/mol. The van der Waals surface area contributed by atoms with Crippen LogP contribution < -0.4 is 5.32 Å². The van der Waals surface area contributed by atoms with Crippen LogP contribution in [0.1, 0.15) is 24.5 Å². The molecule has 0 aliphatic carbocycles. The molecule has 70 valence electrons. The summed E-state index contributed by atoms with van der Waals surface area (Å²) in [5, 5.41) is 3.97. The molecule has 1 saturated heterocycles. The quantitative estimate of drug-likeness (QED) is 0.697. The molecule has 0 amide bonds. The van der Waals surface area contributed by atoms with Crippen LogP contribution in [0.25, 0.3) is 0 Å². The molecule has 0 radical (unpaired) electrons. The molecule has 1 N–H and O–H groups in total. The van der Waals surface area contributed by atoms with Crippen LogP contribution in [0.4, 0.5) is 0 Å². The topological polar surface area (TPSA) is 24.9 Å². The van der Waals surface area contributed by atoms with Gasteiger partial charge >= 0.3 is 0 Å². The summed E-state index contributed by atoms with van der Waals surface area (Å²) in [6.07, 6.45) is 2.46. The molecule has 1 aromatic rings. The van der Waals surface area contributed by atoms with Gasteiger partial charge in [0.2, 0.25) is 0 Å². The van der Waals surface area contributed by atoms with E-state index >= 15 is 0 Å². The van der Waals surface area contributed by atoms with Crippen molar-refractivity contribution in [2.45, 2.75) is 18.8 Å². The maximum absolute atomic E-state index is 5.83. The van der Waals surface area contributed by atoms with Gasteiger partial charge in [-0.15, -0.1) is 0 Å². The third-order valence-electron chi connectivity index (χ3n) is 2.45. The zero-order valence-corrected chi connectivity index (χ0v) is 8.22. The van der Waals surface area contributed by atoms with E-state index in [2.05, 4.69) is 16.4 Å². The van der Waals surface area contributed by atoms with E-state index in [0.717, 1.165) is 18.8 Å². The van der Waals surface area contributed by atoms with E-state index in [1.807, 2.05) is 12.1 Å². The van der Waals surface area contributed by atoms with Crippen LogP contribution in [-0.2, 0) is 0 Å². The highest BCUT2D eigenvalue weighted by Crippen LogP contribution is 2.22. The third kappa shape index (κ3) is 2.20. The normalized spacial score (nSPS) is 23.0. The fourth-order valence-electron chi connectivity index (χ4n) is 1.76. The van der Waals surface area contributed by atoms with Crippen molar-refractivity contribution >= 4 is 11.6 Å². The van der Waals surface area contributed by atoms with Gasteiger partial charge in [-0.05, 0) is 31.5 Å². The number of rotatable bonds is 1. The van der Waals surface area contributed by atoms with E-state index in [0.29, 0.717) is 11.1 Å². The minimum Gasteiger partial charge on any atom is -0.316 e. The summed E-state index contributed by atoms with van der Waals surface area (Å²) in [7, 11) is 0. The second kappa shape index (κ2) is 4.07. The highest BCUT2D eigenvalue weighted by atomic mass is 35.5. The smallest absolute Gasteiger partial charge is 0.129 e. The summed E-state index contributed by atoms with van der Waals surface area (Å²) in [5.41, 5.74) is 1.12. The predicted molar refractivity (Wildman–Crippen MR) is 54.1 cm³/mol. The fourth-order valence-corrected chi connectivity index (χ4v) is 1.93. The lowest BCUT2D eigenvalue weighted by Crippen LogP contribution is -2.28. The Kier molecular flexibility index (Phi) is 2.81. The lowest BCUT2D eigenvalue weighted by Gasteiger charge is -2.22. The van der Waals surface area contributed by atoms with Crippen molar-refractivity contribution in [2.75, 3.05) is 13.1 Å². The van der Waals surface area contributed by atoms with E-state index < -0.39 is 0 Å². The molecule has 0 aromatic carbocycles. The van der Waals surface area contributed by atoms with Crippen LogP contribution in [0, 0.1) is 0 Å². The highest BCUT2D eigenvalue weighted by Gasteiger charge is 2.15. The molecule has 1 fully saturated rings. The predicted octanol–water partition coefficient (Wildman–Crippen LogP) is 2.20. The van der Waals surface area contributed by atoms with E-state index in [9.17, 15) is 0 Å². The number of halogens is 1. The minimum atomic E-state index is 0.549. The van der Waals surface area contributed by atoms with Crippen molar-refractivity contribution < 1.29 is 0 Å². The Labute approximate surface area is 83.3 Å². The Balaban J connectivity index is 2.14. The average molecular weight is 197 g/mol. The Hall–Kier alpha value is -0.600. The highest BCUT2D eigenvalue weighted by molar-refractivity contribution is 6.29. The number of hydrogen-bond acceptors (Lipinski definition) is 2. The van der Waals surface area contributed by atoms with Crippen molar-refractivity contribution in [1.82, 2.24) is 10.3 Å². The molecule has 0 bridgehead atoms. The van der Waals surface area contributed by atoms with E-state index in [1.54, 1.807) is 0 Å². The molecule has 2 nitrogen and oxygen atoms in total. The number of hydrogen-bond donors (Lipinski definition) is 1. The summed E-state index contributed by atoms with van der Waals surface area (Å²) < 4.78 is 0. The molecule has 1 aliphatic heterocycles. The molecule has 13 heavy (non-hydrogen) atoms. The lowest BCUT2D eigenvalue weighted by molar-refractivity contribution is 0.455. The first-order valence-electron chi connectivity index (χ1n) is 4.69. The zero-order valence-electron chi connectivity index (χ0n) is 7.46. The maximum Gasteiger partial charge on any atom is 0.129 e. The van der Waals surface area contributed by atoms with Crippen molar-refractivity contribution in [1.29, 1.82) is 0 Å². The number of pyridine rings is 1. The van der Waals surface area contributed by atoms with Gasteiger partial charge in [0.1, 0.15) is 5.15 Å². The lowest BCUT2D eigenvalue weighted by atomic mass is 9.96. The van der Waals surface area contributed by atoms with Crippen molar-refractivity contribution in [3.63, 3.8) is 0 Å². The summed E-state index contributed by atoms with van der Waals surface area (Å²) in [6.45, 7) is 2.17. The Morgan fingerprint density at radius 3 is 3.08 bits per heavy atom. The largest absolute Gasteiger partial charge is 0.316 e. The first-order valence-corrected chi connectivity index (χ1v) is 5.07. The molecule has 1 aliphatic rings. The molecule has 1 atom stereocenters. The van der Waals surface area contributed by atoms with Crippen LogP contribution in [0.3, 0.4) is 0 Å². The maximum atomic E-state index is 5.83. The first-order chi connectivity index (χ1) is 6.36. The van der Waals surface area contributed by atoms with Crippen LogP contribution in [0.5, 0.6) is 0 Å². The van der Waals surface area contributed by atoms with Gasteiger partial charge in [0, 0.05) is 18.2 Å². The third-order valence-corrected chi connectivity index (χ3v) is 2.66. The Morgan fingerprint density at radius 2 is 2.38 bits per heavy atom. The van der Waals surface area contributed by atoms with E-state index in [1.165, 1.54) is 12.8 Å². The second-order valence-corrected chi connectivity index (χ2v) is 3.82. The molecule has 2 heterocycles. The van der Waals surface area contributed by atoms with Gasteiger partial charge < -0.3 is 5.32 Å². The van der Waals surface area contributed by atoms with Gasteiger partial charge in [-0.25, -0.2) is 4.98 Å². The number of aromatic nitrogens is 1. The van der Waals surface area contributed by atoms with Crippen molar-refractivity contribution in [3.8, 4) is 0 Å². The van der Waals surface area contributed by atoms with Gasteiger partial charge in [-0.3, -0.25) is 0 Å². The fraction of sp³-hybridized carbons (Fsp3) is 0.500. The van der Waals surface area contributed by atoms with Crippen LogP contribution >= 0.6 is 11.6 Å². The molecule has 1 aromatic heterocycles. The van der Waals surface area contributed by atoms with E-state index in [4.69, 9.17) is 11.6 Å². The van der Waals surface area contributed by atoms with Gasteiger partial charge in [-0.2, -0.15) is 0 Å². The average Bonchev–Trinajstić information content (AvgIpc) is 2.19. The summed E-state index contributed by atoms with van der Waals surface area (Å²) >= 11 is 5.83. The number of piperidine rings is 1. The molecule has 0 spiro atoms. The minimum absolute atomic E-state index is 0.549. The number of nitrogens with zero attached hydrogens (tertiary/aromatic N) is 1. The van der Waals surface area contributed by atoms with Crippen LogP contribution in [-0.4, -0.2) is 18.1 Å². The Morgan fingerprint density at radius 1 is 1.46 bits per heavy atom. The standard InChI is InChI=1S/C10H13ClN2/c11-10-5-1-4-9(13-10)8-3-2-6-12-7-8/h1,4-5,8,12H,2-3,6-7H2. The molecular formula is C10H13ClN2. The first kappa shape index (κ1) is 8.97. The SMILES string of the molecule is Clc1cccc(C2CCCNC2)n1. The molecule has 3 heteroatoms. The molecular weight excluding hydrogens is 184 g/mol.